The molecule has 0 amide bonds. The van der Waals surface area contributed by atoms with Crippen molar-refractivity contribution < 1.29 is 9.84 Å². The molecule has 0 radical (unpaired) electrons. The first-order valence-electron chi connectivity index (χ1n) is 7.10. The zero-order valence-corrected chi connectivity index (χ0v) is 11.3. The summed E-state index contributed by atoms with van der Waals surface area (Å²) in [5.74, 6) is 0.960. The molecule has 2 aliphatic rings. The molecule has 0 aliphatic heterocycles. The third kappa shape index (κ3) is 2.03. The van der Waals surface area contributed by atoms with Crippen LogP contribution in [0.2, 0.25) is 0 Å². The molecule has 2 nitrogen and oxygen atoms in total. The third-order valence-corrected chi connectivity index (χ3v) is 4.49. The molecule has 0 bridgehead atoms. The number of hydrogen-bond donors (Lipinski definition) is 1. The van der Waals surface area contributed by atoms with Gasteiger partial charge in [-0.15, -0.1) is 0 Å². The van der Waals surface area contributed by atoms with E-state index in [0.29, 0.717) is 6.10 Å². The van der Waals surface area contributed by atoms with Crippen LogP contribution >= 0.6 is 0 Å². The normalized spacial score (nSPS) is 22.2. The second-order valence-corrected chi connectivity index (χ2v) is 5.94. The third-order valence-electron chi connectivity index (χ3n) is 4.49. The fraction of sp³-hybridized carbons (Fsp3) is 0.625. The number of hydrogen-bond acceptors (Lipinski definition) is 2. The van der Waals surface area contributed by atoms with Gasteiger partial charge in [-0.1, -0.05) is 12.1 Å². The van der Waals surface area contributed by atoms with Crippen LogP contribution < -0.4 is 4.74 Å². The van der Waals surface area contributed by atoms with E-state index in [9.17, 15) is 5.11 Å². The van der Waals surface area contributed by atoms with Crippen molar-refractivity contribution in [2.24, 2.45) is 0 Å². The molecule has 18 heavy (non-hydrogen) atoms. The van der Waals surface area contributed by atoms with E-state index >= 15 is 0 Å². The van der Waals surface area contributed by atoms with E-state index in [-0.39, 0.29) is 0 Å². The maximum atomic E-state index is 10.4. The Kier molecular flexibility index (Phi) is 2.86. The highest BCUT2D eigenvalue weighted by atomic mass is 16.5. The van der Waals surface area contributed by atoms with Crippen molar-refractivity contribution in [3.63, 3.8) is 0 Å². The predicted molar refractivity (Wildman–Crippen MR) is 71.9 cm³/mol. The maximum Gasteiger partial charge on any atom is 0.128 e. The van der Waals surface area contributed by atoms with E-state index < -0.39 is 5.60 Å². The van der Waals surface area contributed by atoms with Crippen LogP contribution in [0.3, 0.4) is 0 Å². The van der Waals surface area contributed by atoms with Crippen molar-refractivity contribution in [3.05, 3.63) is 28.8 Å². The van der Waals surface area contributed by atoms with E-state index in [1.54, 1.807) is 0 Å². The summed E-state index contributed by atoms with van der Waals surface area (Å²) in [5.41, 5.74) is 2.85. The number of aryl methyl sites for hydroxylation is 1. The summed E-state index contributed by atoms with van der Waals surface area (Å²) in [5, 5.41) is 10.4. The second-order valence-electron chi connectivity index (χ2n) is 5.94. The highest BCUT2D eigenvalue weighted by Crippen LogP contribution is 2.50. The van der Waals surface area contributed by atoms with Crippen LogP contribution in [-0.4, -0.2) is 11.2 Å². The van der Waals surface area contributed by atoms with E-state index in [1.165, 1.54) is 24.0 Å². The average molecular weight is 246 g/mol. The molecule has 1 aromatic rings. The zero-order valence-electron chi connectivity index (χ0n) is 11.3. The van der Waals surface area contributed by atoms with Crippen LogP contribution in [0.25, 0.3) is 0 Å². The van der Waals surface area contributed by atoms with Crippen LogP contribution in [-0.2, 0) is 5.60 Å². The van der Waals surface area contributed by atoms with Crippen molar-refractivity contribution >= 4 is 0 Å². The number of benzene rings is 1. The van der Waals surface area contributed by atoms with Gasteiger partial charge in [0.2, 0.25) is 0 Å². The lowest BCUT2D eigenvalue weighted by atomic mass is 9.99. The first kappa shape index (κ1) is 12.0. The minimum absolute atomic E-state index is 0.353. The molecule has 1 aromatic carbocycles. The molecule has 0 saturated heterocycles. The van der Waals surface area contributed by atoms with Gasteiger partial charge in [-0.3, -0.25) is 0 Å². The van der Waals surface area contributed by atoms with Crippen molar-refractivity contribution in [3.8, 4) is 5.75 Å². The molecule has 2 heteroatoms. The van der Waals surface area contributed by atoms with Gasteiger partial charge in [0.25, 0.3) is 0 Å². The lowest BCUT2D eigenvalue weighted by molar-refractivity contribution is 0.138. The van der Waals surface area contributed by atoms with Gasteiger partial charge in [0.05, 0.1) is 11.7 Å². The molecule has 2 aliphatic carbocycles. The van der Waals surface area contributed by atoms with E-state index in [0.717, 1.165) is 37.0 Å². The van der Waals surface area contributed by atoms with Crippen LogP contribution in [0, 0.1) is 13.8 Å². The second kappa shape index (κ2) is 4.27. The monoisotopic (exact) mass is 246 g/mol. The van der Waals surface area contributed by atoms with E-state index in [2.05, 4.69) is 26.0 Å². The van der Waals surface area contributed by atoms with Gasteiger partial charge in [0, 0.05) is 5.56 Å². The van der Waals surface area contributed by atoms with Crippen LogP contribution in [0.4, 0.5) is 0 Å². The molecule has 0 unspecified atom stereocenters. The standard InChI is InChI=1S/C16H22O2/c1-11-7-8-14(16(17)9-10-16)15(12(11)2)18-13-5-3-4-6-13/h7-8,13,17H,3-6,9-10H2,1-2H3. The quantitative estimate of drug-likeness (QED) is 0.883. The Bertz CT molecular complexity index is 454. The summed E-state index contributed by atoms with van der Waals surface area (Å²) in [6.45, 7) is 4.21. The minimum atomic E-state index is -0.605. The lowest BCUT2D eigenvalue weighted by Gasteiger charge is -2.22. The number of aliphatic hydroxyl groups is 1. The van der Waals surface area contributed by atoms with E-state index in [1.807, 2.05) is 0 Å². The molecule has 3 rings (SSSR count). The first-order valence-corrected chi connectivity index (χ1v) is 7.10. The molecule has 98 valence electrons. The fourth-order valence-corrected chi connectivity index (χ4v) is 2.87. The molecule has 2 saturated carbocycles. The molecule has 0 spiro atoms. The SMILES string of the molecule is Cc1ccc(C2(O)CC2)c(OC2CCCC2)c1C. The molecule has 0 aromatic heterocycles. The Morgan fingerprint density at radius 1 is 1.17 bits per heavy atom. The first-order chi connectivity index (χ1) is 8.60. The molecule has 2 fully saturated rings. The largest absolute Gasteiger partial charge is 0.490 e. The van der Waals surface area contributed by atoms with Gasteiger partial charge < -0.3 is 9.84 Å². The smallest absolute Gasteiger partial charge is 0.128 e. The molecular weight excluding hydrogens is 224 g/mol. The average Bonchev–Trinajstić information content (AvgIpc) is 2.90. The van der Waals surface area contributed by atoms with Crippen LogP contribution in [0.15, 0.2) is 12.1 Å². The van der Waals surface area contributed by atoms with Crippen LogP contribution in [0.5, 0.6) is 5.75 Å². The van der Waals surface area contributed by atoms with Gasteiger partial charge in [0.15, 0.2) is 0 Å². The number of rotatable bonds is 3. The topological polar surface area (TPSA) is 29.5 Å². The maximum absolute atomic E-state index is 10.4. The molecule has 0 atom stereocenters. The van der Waals surface area contributed by atoms with Gasteiger partial charge in [-0.25, -0.2) is 0 Å². The minimum Gasteiger partial charge on any atom is -0.490 e. The Balaban J connectivity index is 1.96. The zero-order chi connectivity index (χ0) is 12.8. The van der Waals surface area contributed by atoms with Gasteiger partial charge in [0.1, 0.15) is 5.75 Å². The highest BCUT2D eigenvalue weighted by molar-refractivity contribution is 5.49. The fourth-order valence-electron chi connectivity index (χ4n) is 2.87. The summed E-state index contributed by atoms with van der Waals surface area (Å²) < 4.78 is 6.22. The highest BCUT2D eigenvalue weighted by Gasteiger charge is 2.45. The Hall–Kier alpha value is -1.02. The van der Waals surface area contributed by atoms with Crippen molar-refractivity contribution in [1.82, 2.24) is 0 Å². The predicted octanol–water partition coefficient (Wildman–Crippen LogP) is 3.61. The van der Waals surface area contributed by atoms with Crippen molar-refractivity contribution in [2.75, 3.05) is 0 Å². The summed E-state index contributed by atoms with van der Waals surface area (Å²) in [6.07, 6.45) is 6.96. The number of ether oxygens (including phenoxy) is 1. The molecule has 0 heterocycles. The van der Waals surface area contributed by atoms with Gasteiger partial charge >= 0.3 is 0 Å². The summed E-state index contributed by atoms with van der Waals surface area (Å²) in [4.78, 5) is 0. The summed E-state index contributed by atoms with van der Waals surface area (Å²) >= 11 is 0. The van der Waals surface area contributed by atoms with Crippen molar-refractivity contribution in [1.29, 1.82) is 0 Å². The molecule has 1 N–H and O–H groups in total. The van der Waals surface area contributed by atoms with Crippen molar-refractivity contribution in [2.45, 2.75) is 64.1 Å². The van der Waals surface area contributed by atoms with Gasteiger partial charge in [-0.2, -0.15) is 0 Å². The summed E-state index contributed by atoms with van der Waals surface area (Å²) in [7, 11) is 0. The lowest BCUT2D eigenvalue weighted by Crippen LogP contribution is -2.16. The Morgan fingerprint density at radius 2 is 1.83 bits per heavy atom. The van der Waals surface area contributed by atoms with E-state index in [4.69, 9.17) is 4.74 Å². The van der Waals surface area contributed by atoms with Crippen LogP contribution in [0.1, 0.15) is 55.2 Å². The summed E-state index contributed by atoms with van der Waals surface area (Å²) in [6, 6.07) is 4.15. The van der Waals surface area contributed by atoms with Gasteiger partial charge in [-0.05, 0) is 63.5 Å². The Morgan fingerprint density at radius 3 is 2.44 bits per heavy atom. The Labute approximate surface area is 109 Å². The molecular formula is C16H22O2.